The van der Waals surface area contributed by atoms with Crippen LogP contribution in [0.5, 0.6) is 0 Å². The van der Waals surface area contributed by atoms with Gasteiger partial charge in [0.25, 0.3) is 5.91 Å². The topological polar surface area (TPSA) is 38.1 Å². The predicted molar refractivity (Wildman–Crippen MR) is 104 cm³/mol. The molecule has 1 aliphatic rings. The lowest BCUT2D eigenvalue weighted by atomic mass is 10.3. The van der Waals surface area contributed by atoms with E-state index in [1.807, 2.05) is 45.5 Å². The molecule has 7 heteroatoms. The number of hydrogen-bond donors (Lipinski definition) is 0. The molecule has 1 fully saturated rings. The van der Waals surface area contributed by atoms with E-state index in [0.29, 0.717) is 15.7 Å². The molecule has 1 saturated heterocycles. The number of rotatable bonds is 2. The first-order valence-electron chi connectivity index (χ1n) is 7.94. The van der Waals surface area contributed by atoms with Crippen molar-refractivity contribution in [2.24, 2.45) is 0 Å². The molecular weight excluding hydrogens is 377 g/mol. The Balaban J connectivity index is 1.88. The number of hydrogen-bond acceptors (Lipinski definition) is 3. The first kappa shape index (κ1) is 16.8. The van der Waals surface area contributed by atoms with E-state index in [2.05, 4.69) is 4.98 Å². The third-order valence-corrected chi connectivity index (χ3v) is 5.92. The molecule has 2 aromatic heterocycles. The zero-order valence-electron chi connectivity index (χ0n) is 13.3. The van der Waals surface area contributed by atoms with Crippen molar-refractivity contribution in [3.8, 4) is 5.69 Å². The minimum atomic E-state index is 0.0179. The second-order valence-electron chi connectivity index (χ2n) is 5.78. The summed E-state index contributed by atoms with van der Waals surface area (Å²) < 4.78 is 1.86. The maximum atomic E-state index is 13.1. The summed E-state index contributed by atoms with van der Waals surface area (Å²) in [4.78, 5) is 19.5. The summed E-state index contributed by atoms with van der Waals surface area (Å²) in [6.07, 6.45) is 1.72. The molecule has 0 aliphatic carbocycles. The van der Waals surface area contributed by atoms with Gasteiger partial charge < -0.3 is 4.90 Å². The zero-order chi connectivity index (χ0) is 17.4. The van der Waals surface area contributed by atoms with E-state index in [1.54, 1.807) is 18.3 Å². The van der Waals surface area contributed by atoms with E-state index >= 15 is 0 Å². The van der Waals surface area contributed by atoms with Gasteiger partial charge in [-0.25, -0.2) is 4.98 Å². The summed E-state index contributed by atoms with van der Waals surface area (Å²) in [5.41, 5.74) is 2.10. The van der Waals surface area contributed by atoms with E-state index in [0.717, 1.165) is 41.3 Å². The zero-order valence-corrected chi connectivity index (χ0v) is 15.6. The number of carbonyl (C=O) groups excluding carboxylic acids is 1. The van der Waals surface area contributed by atoms with Gasteiger partial charge in [-0.3, -0.25) is 9.36 Å². The fraction of sp³-hybridized carbons (Fsp3) is 0.222. The normalized spacial score (nSPS) is 14.9. The van der Waals surface area contributed by atoms with Gasteiger partial charge in [0.2, 0.25) is 0 Å². The first-order valence-corrected chi connectivity index (χ1v) is 9.85. The van der Waals surface area contributed by atoms with E-state index in [-0.39, 0.29) is 5.91 Å². The van der Waals surface area contributed by atoms with Gasteiger partial charge in [-0.15, -0.1) is 0 Å². The quantitative estimate of drug-likeness (QED) is 0.644. The number of aromatic nitrogens is 2. The number of benzene rings is 1. The van der Waals surface area contributed by atoms with Crippen LogP contribution >= 0.6 is 35.0 Å². The van der Waals surface area contributed by atoms with Crippen LogP contribution < -0.4 is 0 Å². The summed E-state index contributed by atoms with van der Waals surface area (Å²) in [6.45, 7) is 1.53. The van der Waals surface area contributed by atoms with Crippen molar-refractivity contribution in [2.75, 3.05) is 24.6 Å². The first-order chi connectivity index (χ1) is 12.1. The highest BCUT2D eigenvalue weighted by Gasteiger charge is 2.24. The molecule has 0 radical (unpaired) electrons. The Bertz CT molecular complexity index is 951. The van der Waals surface area contributed by atoms with Gasteiger partial charge in [0, 0.05) is 41.9 Å². The highest BCUT2D eigenvalue weighted by atomic mass is 35.5. The van der Waals surface area contributed by atoms with Gasteiger partial charge in [0.15, 0.2) is 0 Å². The lowest BCUT2D eigenvalue weighted by molar-refractivity contribution is 0.0764. The number of amides is 1. The van der Waals surface area contributed by atoms with Crippen molar-refractivity contribution >= 4 is 51.9 Å². The number of nitrogens with zero attached hydrogens (tertiary/aromatic N) is 3. The van der Waals surface area contributed by atoms with Gasteiger partial charge in [-0.2, -0.15) is 11.8 Å². The maximum Gasteiger partial charge on any atom is 0.270 e. The van der Waals surface area contributed by atoms with Crippen LogP contribution in [-0.2, 0) is 0 Å². The minimum absolute atomic E-state index is 0.0179. The number of fused-ring (bicyclic) bond motifs is 1. The standard InChI is InChI=1S/C18H15Cl2N3OS/c19-14-4-3-13(11-15(14)20)23-16(10-12-2-1-5-21-17(12)23)18(24)22-6-8-25-9-7-22/h1-5,10-11H,6-9H2. The molecule has 0 N–H and O–H groups in total. The number of carbonyl (C=O) groups is 1. The lowest BCUT2D eigenvalue weighted by Gasteiger charge is -2.26. The third kappa shape index (κ3) is 3.12. The van der Waals surface area contributed by atoms with Gasteiger partial charge >= 0.3 is 0 Å². The average Bonchev–Trinajstić information content (AvgIpc) is 3.03. The molecule has 128 valence electrons. The van der Waals surface area contributed by atoms with Crippen LogP contribution in [0.1, 0.15) is 10.5 Å². The van der Waals surface area contributed by atoms with E-state index < -0.39 is 0 Å². The maximum absolute atomic E-state index is 13.1. The van der Waals surface area contributed by atoms with Gasteiger partial charge in [0.05, 0.1) is 10.0 Å². The molecule has 3 aromatic rings. The lowest BCUT2D eigenvalue weighted by Crippen LogP contribution is -2.38. The Morgan fingerprint density at radius 2 is 1.88 bits per heavy atom. The van der Waals surface area contributed by atoms with Crippen molar-refractivity contribution in [3.63, 3.8) is 0 Å². The van der Waals surface area contributed by atoms with E-state index in [4.69, 9.17) is 23.2 Å². The molecule has 4 nitrogen and oxygen atoms in total. The van der Waals surface area contributed by atoms with Gasteiger partial charge in [-0.1, -0.05) is 23.2 Å². The predicted octanol–water partition coefficient (Wildman–Crippen LogP) is 4.52. The van der Waals surface area contributed by atoms with Crippen LogP contribution in [0.3, 0.4) is 0 Å². The molecule has 3 heterocycles. The van der Waals surface area contributed by atoms with E-state index in [9.17, 15) is 4.79 Å². The number of thioether (sulfide) groups is 1. The molecule has 0 atom stereocenters. The smallest absolute Gasteiger partial charge is 0.270 e. The molecule has 0 unspecified atom stereocenters. The highest BCUT2D eigenvalue weighted by molar-refractivity contribution is 7.99. The Morgan fingerprint density at radius 3 is 2.64 bits per heavy atom. The number of pyridine rings is 1. The van der Waals surface area contributed by atoms with Crippen molar-refractivity contribution in [2.45, 2.75) is 0 Å². The van der Waals surface area contributed by atoms with Crippen LogP contribution in [0.15, 0.2) is 42.6 Å². The van der Waals surface area contributed by atoms with Gasteiger partial charge in [-0.05, 0) is 36.4 Å². The summed E-state index contributed by atoms with van der Waals surface area (Å²) in [7, 11) is 0. The molecule has 1 aromatic carbocycles. The van der Waals surface area contributed by atoms with Gasteiger partial charge in [0.1, 0.15) is 11.3 Å². The summed E-state index contributed by atoms with van der Waals surface area (Å²) >= 11 is 14.1. The van der Waals surface area contributed by atoms with Crippen molar-refractivity contribution in [1.82, 2.24) is 14.5 Å². The van der Waals surface area contributed by atoms with Crippen LogP contribution in [0.2, 0.25) is 10.0 Å². The average molecular weight is 392 g/mol. The Kier molecular flexibility index (Phi) is 4.63. The van der Waals surface area contributed by atoms with Crippen molar-refractivity contribution in [3.05, 3.63) is 58.3 Å². The van der Waals surface area contributed by atoms with Crippen molar-refractivity contribution < 1.29 is 4.79 Å². The molecule has 4 rings (SSSR count). The molecule has 1 amide bonds. The molecule has 0 spiro atoms. The summed E-state index contributed by atoms with van der Waals surface area (Å²) in [6, 6.07) is 11.1. The van der Waals surface area contributed by atoms with E-state index in [1.165, 1.54) is 0 Å². The molecule has 25 heavy (non-hydrogen) atoms. The van der Waals surface area contributed by atoms with Crippen molar-refractivity contribution in [1.29, 1.82) is 0 Å². The number of halogens is 2. The summed E-state index contributed by atoms with van der Waals surface area (Å²) in [5.74, 6) is 1.96. The monoisotopic (exact) mass is 391 g/mol. The SMILES string of the molecule is O=C(c1cc2cccnc2n1-c1ccc(Cl)c(Cl)c1)N1CCSCC1. The molecular formula is C18H15Cl2N3OS. The van der Waals surface area contributed by atoms with Crippen LogP contribution in [-0.4, -0.2) is 45.0 Å². The molecule has 0 saturated carbocycles. The van der Waals surface area contributed by atoms with Crippen LogP contribution in [0, 0.1) is 0 Å². The Labute approximate surface area is 159 Å². The van der Waals surface area contributed by atoms with Crippen LogP contribution in [0.25, 0.3) is 16.7 Å². The fourth-order valence-corrected chi connectivity index (χ4v) is 4.20. The Morgan fingerprint density at radius 1 is 1.08 bits per heavy atom. The summed E-state index contributed by atoms with van der Waals surface area (Å²) in [5, 5.41) is 1.85. The minimum Gasteiger partial charge on any atom is -0.336 e. The second-order valence-corrected chi connectivity index (χ2v) is 7.82. The third-order valence-electron chi connectivity index (χ3n) is 4.24. The highest BCUT2D eigenvalue weighted by Crippen LogP contribution is 2.29. The second kappa shape index (κ2) is 6.90. The Hall–Kier alpha value is -1.69. The molecule has 1 aliphatic heterocycles. The molecule has 0 bridgehead atoms. The van der Waals surface area contributed by atoms with Crippen LogP contribution in [0.4, 0.5) is 0 Å². The largest absolute Gasteiger partial charge is 0.336 e. The fourth-order valence-electron chi connectivity index (χ4n) is 3.01.